The molecular formula is C16H15Cl2NO2. The van der Waals surface area contributed by atoms with Gasteiger partial charge in [-0.1, -0.05) is 23.2 Å². The van der Waals surface area contributed by atoms with E-state index in [1.165, 1.54) is 0 Å². The highest BCUT2D eigenvalue weighted by Crippen LogP contribution is 2.34. The molecule has 1 aliphatic heterocycles. The first-order valence-electron chi connectivity index (χ1n) is 6.69. The molecule has 1 N–H and O–H groups in total. The van der Waals surface area contributed by atoms with Crippen molar-refractivity contribution in [2.75, 3.05) is 19.0 Å². The maximum absolute atomic E-state index is 6.16. The second-order valence-corrected chi connectivity index (χ2v) is 5.72. The number of anilines is 1. The molecule has 0 unspecified atom stereocenters. The molecule has 0 atom stereocenters. The van der Waals surface area contributed by atoms with E-state index >= 15 is 0 Å². The van der Waals surface area contributed by atoms with Crippen LogP contribution in [0.15, 0.2) is 30.3 Å². The lowest BCUT2D eigenvalue weighted by molar-refractivity contribution is 0.354. The Morgan fingerprint density at radius 2 is 2.05 bits per heavy atom. The van der Waals surface area contributed by atoms with Crippen molar-refractivity contribution in [2.45, 2.75) is 13.0 Å². The molecular weight excluding hydrogens is 309 g/mol. The second kappa shape index (κ2) is 6.04. The van der Waals surface area contributed by atoms with Crippen molar-refractivity contribution in [3.8, 4) is 11.5 Å². The van der Waals surface area contributed by atoms with Crippen LogP contribution in [-0.2, 0) is 13.0 Å². The van der Waals surface area contributed by atoms with Gasteiger partial charge in [0.2, 0.25) is 0 Å². The number of nitrogens with one attached hydrogen (secondary N) is 1. The number of methoxy groups -OCH3 is 1. The van der Waals surface area contributed by atoms with Crippen LogP contribution in [0.3, 0.4) is 0 Å². The Kier molecular flexibility index (Phi) is 4.13. The molecule has 2 aromatic rings. The van der Waals surface area contributed by atoms with Crippen LogP contribution < -0.4 is 14.8 Å². The lowest BCUT2D eigenvalue weighted by Gasteiger charge is -2.14. The van der Waals surface area contributed by atoms with Gasteiger partial charge in [-0.15, -0.1) is 0 Å². The third-order valence-electron chi connectivity index (χ3n) is 3.46. The zero-order valence-corrected chi connectivity index (χ0v) is 13.1. The predicted octanol–water partition coefficient (Wildman–Crippen LogP) is 4.55. The fraction of sp³-hybridized carbons (Fsp3) is 0.250. The Morgan fingerprint density at radius 3 is 2.86 bits per heavy atom. The Morgan fingerprint density at radius 1 is 1.19 bits per heavy atom. The molecule has 5 heteroatoms. The zero-order chi connectivity index (χ0) is 14.8. The highest BCUT2D eigenvalue weighted by Gasteiger charge is 2.17. The molecule has 0 saturated carbocycles. The van der Waals surface area contributed by atoms with Crippen LogP contribution in [0.1, 0.15) is 11.1 Å². The topological polar surface area (TPSA) is 30.5 Å². The van der Waals surface area contributed by atoms with Crippen LogP contribution >= 0.6 is 23.2 Å². The maximum atomic E-state index is 6.16. The fourth-order valence-corrected chi connectivity index (χ4v) is 2.92. The Labute approximate surface area is 133 Å². The van der Waals surface area contributed by atoms with Gasteiger partial charge in [0.05, 0.1) is 19.4 Å². The normalized spacial score (nSPS) is 12.7. The van der Waals surface area contributed by atoms with E-state index in [2.05, 4.69) is 5.32 Å². The highest BCUT2D eigenvalue weighted by atomic mass is 35.5. The number of hydrogen-bond donors (Lipinski definition) is 1. The summed E-state index contributed by atoms with van der Waals surface area (Å²) in [5.41, 5.74) is 3.05. The summed E-state index contributed by atoms with van der Waals surface area (Å²) in [7, 11) is 1.63. The SMILES string of the molecule is COc1ccc(Cl)cc1NCc1cc(Cl)cc2c1OCC2. The van der Waals surface area contributed by atoms with E-state index in [0.29, 0.717) is 18.2 Å². The molecule has 1 heterocycles. The van der Waals surface area contributed by atoms with Gasteiger partial charge in [-0.25, -0.2) is 0 Å². The van der Waals surface area contributed by atoms with Gasteiger partial charge in [-0.2, -0.15) is 0 Å². The number of rotatable bonds is 4. The van der Waals surface area contributed by atoms with E-state index in [-0.39, 0.29) is 0 Å². The summed E-state index contributed by atoms with van der Waals surface area (Å²) in [6.45, 7) is 1.31. The van der Waals surface area contributed by atoms with Crippen LogP contribution in [-0.4, -0.2) is 13.7 Å². The van der Waals surface area contributed by atoms with Crippen molar-refractivity contribution >= 4 is 28.9 Å². The molecule has 21 heavy (non-hydrogen) atoms. The van der Waals surface area contributed by atoms with Crippen LogP contribution in [0.5, 0.6) is 11.5 Å². The van der Waals surface area contributed by atoms with Gasteiger partial charge in [0.15, 0.2) is 0 Å². The van der Waals surface area contributed by atoms with Gasteiger partial charge in [0.1, 0.15) is 11.5 Å². The fourth-order valence-electron chi connectivity index (χ4n) is 2.49. The van der Waals surface area contributed by atoms with Crippen molar-refractivity contribution in [3.05, 3.63) is 51.5 Å². The summed E-state index contributed by atoms with van der Waals surface area (Å²) in [6.07, 6.45) is 0.906. The molecule has 0 aliphatic carbocycles. The van der Waals surface area contributed by atoms with Crippen molar-refractivity contribution in [1.29, 1.82) is 0 Å². The van der Waals surface area contributed by atoms with Gasteiger partial charge in [0, 0.05) is 28.6 Å². The summed E-state index contributed by atoms with van der Waals surface area (Å²) in [6, 6.07) is 9.37. The number of hydrogen-bond acceptors (Lipinski definition) is 3. The number of halogens is 2. The first-order valence-corrected chi connectivity index (χ1v) is 7.44. The molecule has 0 spiro atoms. The quantitative estimate of drug-likeness (QED) is 0.895. The van der Waals surface area contributed by atoms with E-state index in [0.717, 1.165) is 39.8 Å². The molecule has 0 aromatic heterocycles. The van der Waals surface area contributed by atoms with Crippen LogP contribution in [0, 0.1) is 0 Å². The molecule has 0 fully saturated rings. The van der Waals surface area contributed by atoms with Gasteiger partial charge in [0.25, 0.3) is 0 Å². The van der Waals surface area contributed by atoms with Gasteiger partial charge in [-0.3, -0.25) is 0 Å². The average molecular weight is 324 g/mol. The number of ether oxygens (including phenoxy) is 2. The highest BCUT2D eigenvalue weighted by molar-refractivity contribution is 6.31. The van der Waals surface area contributed by atoms with E-state index in [9.17, 15) is 0 Å². The van der Waals surface area contributed by atoms with Gasteiger partial charge >= 0.3 is 0 Å². The van der Waals surface area contributed by atoms with Crippen molar-refractivity contribution in [1.82, 2.24) is 0 Å². The Bertz CT molecular complexity index is 674. The van der Waals surface area contributed by atoms with Crippen molar-refractivity contribution < 1.29 is 9.47 Å². The Balaban J connectivity index is 1.84. The minimum absolute atomic E-state index is 0.597. The molecule has 2 aromatic carbocycles. The third-order valence-corrected chi connectivity index (χ3v) is 3.91. The maximum Gasteiger partial charge on any atom is 0.142 e. The lowest BCUT2D eigenvalue weighted by atomic mass is 10.1. The van der Waals surface area contributed by atoms with Gasteiger partial charge < -0.3 is 14.8 Å². The molecule has 1 aliphatic rings. The first kappa shape index (κ1) is 14.4. The van der Waals surface area contributed by atoms with E-state index in [4.69, 9.17) is 32.7 Å². The summed E-state index contributed by atoms with van der Waals surface area (Å²) in [4.78, 5) is 0. The van der Waals surface area contributed by atoms with Crippen LogP contribution in [0.2, 0.25) is 10.0 Å². The molecule has 0 saturated heterocycles. The minimum atomic E-state index is 0.597. The largest absolute Gasteiger partial charge is 0.495 e. The number of fused-ring (bicyclic) bond motifs is 1. The smallest absolute Gasteiger partial charge is 0.142 e. The molecule has 0 amide bonds. The van der Waals surface area contributed by atoms with Crippen LogP contribution in [0.25, 0.3) is 0 Å². The number of benzene rings is 2. The zero-order valence-electron chi connectivity index (χ0n) is 11.6. The minimum Gasteiger partial charge on any atom is -0.495 e. The molecule has 3 rings (SSSR count). The molecule has 0 bridgehead atoms. The van der Waals surface area contributed by atoms with Crippen LogP contribution in [0.4, 0.5) is 5.69 Å². The summed E-state index contributed by atoms with van der Waals surface area (Å²) >= 11 is 12.2. The third kappa shape index (κ3) is 3.04. The predicted molar refractivity (Wildman–Crippen MR) is 86.0 cm³/mol. The van der Waals surface area contributed by atoms with E-state index in [1.54, 1.807) is 13.2 Å². The average Bonchev–Trinajstić information content (AvgIpc) is 2.93. The van der Waals surface area contributed by atoms with Crippen molar-refractivity contribution in [3.63, 3.8) is 0 Å². The molecule has 110 valence electrons. The van der Waals surface area contributed by atoms with Crippen molar-refractivity contribution in [2.24, 2.45) is 0 Å². The van der Waals surface area contributed by atoms with Gasteiger partial charge in [-0.05, 0) is 35.9 Å². The first-order chi connectivity index (χ1) is 10.2. The molecule has 0 radical (unpaired) electrons. The summed E-state index contributed by atoms with van der Waals surface area (Å²) in [5, 5.41) is 4.72. The second-order valence-electron chi connectivity index (χ2n) is 4.85. The van der Waals surface area contributed by atoms with E-state index in [1.807, 2.05) is 24.3 Å². The lowest BCUT2D eigenvalue weighted by Crippen LogP contribution is -2.03. The summed E-state index contributed by atoms with van der Waals surface area (Å²) < 4.78 is 11.0. The monoisotopic (exact) mass is 323 g/mol. The standard InChI is InChI=1S/C16H15Cl2NO2/c1-20-15-3-2-12(17)8-14(15)19-9-11-7-13(18)6-10-4-5-21-16(10)11/h2-3,6-8,19H,4-5,9H2,1H3. The summed E-state index contributed by atoms with van der Waals surface area (Å²) in [5.74, 6) is 1.69. The van der Waals surface area contributed by atoms with E-state index < -0.39 is 0 Å². The molecule has 3 nitrogen and oxygen atoms in total. The Hall–Kier alpha value is -1.58.